The van der Waals surface area contributed by atoms with Crippen LogP contribution in [-0.2, 0) is 0 Å². The molecule has 0 radical (unpaired) electrons. The van der Waals surface area contributed by atoms with Gasteiger partial charge in [-0.25, -0.2) is 9.78 Å². The summed E-state index contributed by atoms with van der Waals surface area (Å²) < 4.78 is 3.11. The Kier molecular flexibility index (Phi) is 4.56. The number of aromatic nitrogens is 4. The average Bonchev–Trinajstić information content (AvgIpc) is 3.08. The molecule has 0 aliphatic rings. The van der Waals surface area contributed by atoms with Gasteiger partial charge in [0.15, 0.2) is 0 Å². The van der Waals surface area contributed by atoms with Gasteiger partial charge in [-0.3, -0.25) is 14.3 Å². The molecule has 3 aromatic rings. The summed E-state index contributed by atoms with van der Waals surface area (Å²) in [4.78, 5) is 31.0. The Morgan fingerprint density at radius 2 is 1.96 bits per heavy atom. The molecule has 0 aliphatic carbocycles. The lowest BCUT2D eigenvalue weighted by molar-refractivity contribution is 0.546. The van der Waals surface area contributed by atoms with E-state index in [1.807, 2.05) is 42.0 Å². The Labute approximate surface area is 145 Å². The fourth-order valence-corrected chi connectivity index (χ4v) is 2.75. The Morgan fingerprint density at radius 1 is 1.16 bits per heavy atom. The molecule has 0 bridgehead atoms. The van der Waals surface area contributed by atoms with Crippen molar-refractivity contribution in [3.8, 4) is 5.69 Å². The summed E-state index contributed by atoms with van der Waals surface area (Å²) in [5.41, 5.74) is 1.29. The van der Waals surface area contributed by atoms with Crippen LogP contribution in [0.1, 0.15) is 38.4 Å². The topological polar surface area (TPSA) is 84.7 Å². The van der Waals surface area contributed by atoms with Gasteiger partial charge in [0, 0.05) is 36.2 Å². The maximum atomic E-state index is 12.1. The largest absolute Gasteiger partial charge is 0.365 e. The van der Waals surface area contributed by atoms with E-state index in [1.54, 1.807) is 26.4 Å². The Morgan fingerprint density at radius 3 is 2.60 bits per heavy atom. The summed E-state index contributed by atoms with van der Waals surface area (Å²) in [5.74, 6) is 0.410. The van der Waals surface area contributed by atoms with Crippen molar-refractivity contribution in [2.75, 3.05) is 5.32 Å². The zero-order valence-electron chi connectivity index (χ0n) is 14.4. The molecule has 0 aliphatic heterocycles. The number of aromatic amines is 1. The van der Waals surface area contributed by atoms with E-state index in [4.69, 9.17) is 0 Å². The minimum absolute atomic E-state index is 0.0894. The van der Waals surface area contributed by atoms with Crippen molar-refractivity contribution in [3.05, 3.63) is 75.5 Å². The van der Waals surface area contributed by atoms with Gasteiger partial charge in [0.25, 0.3) is 5.56 Å². The molecule has 1 aromatic carbocycles. The summed E-state index contributed by atoms with van der Waals surface area (Å²) in [6.45, 7) is 5.57. The molecule has 7 nitrogen and oxygen atoms in total. The van der Waals surface area contributed by atoms with Gasteiger partial charge in [0.1, 0.15) is 5.82 Å². The average molecular weight is 339 g/mol. The van der Waals surface area contributed by atoms with Gasteiger partial charge in [-0.05, 0) is 38.5 Å². The predicted octanol–water partition coefficient (Wildman–Crippen LogP) is 2.48. The molecule has 0 saturated heterocycles. The van der Waals surface area contributed by atoms with E-state index in [-0.39, 0.29) is 17.6 Å². The molecule has 3 rings (SSSR count). The number of benzene rings is 1. The SMILES string of the molecule is CC(Nc1cc(=O)n(C(C)C)c(=O)[nH]1)c1cccc(-n2ccnc2)c1. The zero-order valence-corrected chi connectivity index (χ0v) is 14.4. The predicted molar refractivity (Wildman–Crippen MR) is 97.3 cm³/mol. The minimum atomic E-state index is -0.413. The number of nitrogens with one attached hydrogen (secondary N) is 2. The van der Waals surface area contributed by atoms with Crippen LogP contribution >= 0.6 is 0 Å². The van der Waals surface area contributed by atoms with Gasteiger partial charge < -0.3 is 9.88 Å². The molecule has 0 amide bonds. The Balaban J connectivity index is 1.86. The van der Waals surface area contributed by atoms with Gasteiger partial charge in [-0.2, -0.15) is 0 Å². The second-order valence-corrected chi connectivity index (χ2v) is 6.22. The molecular formula is C18H21N5O2. The van der Waals surface area contributed by atoms with E-state index < -0.39 is 5.69 Å². The second-order valence-electron chi connectivity index (χ2n) is 6.22. The molecule has 130 valence electrons. The third-order valence-corrected chi connectivity index (χ3v) is 4.03. The zero-order chi connectivity index (χ0) is 18.0. The van der Waals surface area contributed by atoms with E-state index in [9.17, 15) is 9.59 Å². The standard InChI is InChI=1S/C18H21N5O2/c1-12(2)23-17(24)10-16(21-18(23)25)20-13(3)14-5-4-6-15(9-14)22-8-7-19-11-22/h4-13,20H,1-3H3,(H,21,25). The van der Waals surface area contributed by atoms with E-state index in [0.717, 1.165) is 11.3 Å². The summed E-state index contributed by atoms with van der Waals surface area (Å²) in [7, 11) is 0. The normalized spacial score (nSPS) is 12.3. The lowest BCUT2D eigenvalue weighted by atomic mass is 10.1. The van der Waals surface area contributed by atoms with Crippen molar-refractivity contribution in [2.24, 2.45) is 0 Å². The van der Waals surface area contributed by atoms with Gasteiger partial charge >= 0.3 is 5.69 Å². The highest BCUT2D eigenvalue weighted by Gasteiger charge is 2.11. The van der Waals surface area contributed by atoms with Crippen molar-refractivity contribution < 1.29 is 0 Å². The summed E-state index contributed by atoms with van der Waals surface area (Å²) >= 11 is 0. The molecule has 0 spiro atoms. The van der Waals surface area contributed by atoms with Crippen LogP contribution in [0.4, 0.5) is 5.82 Å². The van der Waals surface area contributed by atoms with E-state index in [1.165, 1.54) is 10.6 Å². The molecular weight excluding hydrogens is 318 g/mol. The minimum Gasteiger partial charge on any atom is -0.365 e. The smallest absolute Gasteiger partial charge is 0.330 e. The van der Waals surface area contributed by atoms with Crippen LogP contribution in [0.25, 0.3) is 5.69 Å². The monoisotopic (exact) mass is 339 g/mol. The van der Waals surface area contributed by atoms with Gasteiger partial charge in [-0.15, -0.1) is 0 Å². The van der Waals surface area contributed by atoms with Gasteiger partial charge in [0.2, 0.25) is 0 Å². The third kappa shape index (κ3) is 3.55. The fraction of sp³-hybridized carbons (Fsp3) is 0.278. The van der Waals surface area contributed by atoms with Crippen LogP contribution in [0, 0.1) is 0 Å². The van der Waals surface area contributed by atoms with Crippen molar-refractivity contribution in [3.63, 3.8) is 0 Å². The lowest BCUT2D eigenvalue weighted by Gasteiger charge is -2.17. The van der Waals surface area contributed by atoms with Crippen LogP contribution < -0.4 is 16.6 Å². The molecule has 2 aromatic heterocycles. The number of nitrogens with zero attached hydrogens (tertiary/aromatic N) is 3. The lowest BCUT2D eigenvalue weighted by Crippen LogP contribution is -2.36. The van der Waals surface area contributed by atoms with Gasteiger partial charge in [0.05, 0.1) is 6.33 Å². The first kappa shape index (κ1) is 16.8. The molecule has 25 heavy (non-hydrogen) atoms. The van der Waals surface area contributed by atoms with Gasteiger partial charge in [-0.1, -0.05) is 12.1 Å². The highest BCUT2D eigenvalue weighted by molar-refractivity contribution is 5.41. The Bertz CT molecular complexity index is 938. The molecule has 2 heterocycles. The fourth-order valence-electron chi connectivity index (χ4n) is 2.75. The number of H-pyrrole nitrogens is 1. The van der Waals surface area contributed by atoms with E-state index >= 15 is 0 Å². The van der Waals surface area contributed by atoms with Crippen LogP contribution in [0.3, 0.4) is 0 Å². The number of hydrogen-bond donors (Lipinski definition) is 2. The number of anilines is 1. The van der Waals surface area contributed by atoms with Crippen molar-refractivity contribution in [1.82, 2.24) is 19.1 Å². The van der Waals surface area contributed by atoms with E-state index in [0.29, 0.717) is 5.82 Å². The van der Waals surface area contributed by atoms with E-state index in [2.05, 4.69) is 15.3 Å². The molecule has 2 N–H and O–H groups in total. The molecule has 1 unspecified atom stereocenters. The number of rotatable bonds is 5. The first-order valence-electron chi connectivity index (χ1n) is 8.16. The molecule has 1 atom stereocenters. The van der Waals surface area contributed by atoms with Crippen molar-refractivity contribution >= 4 is 5.82 Å². The maximum Gasteiger partial charge on any atom is 0.330 e. The van der Waals surface area contributed by atoms with Crippen molar-refractivity contribution in [2.45, 2.75) is 32.9 Å². The quantitative estimate of drug-likeness (QED) is 0.748. The molecule has 0 saturated carbocycles. The number of imidazole rings is 1. The summed E-state index contributed by atoms with van der Waals surface area (Å²) in [6, 6.07) is 9.12. The molecule has 0 fully saturated rings. The maximum absolute atomic E-state index is 12.1. The van der Waals surface area contributed by atoms with Crippen molar-refractivity contribution in [1.29, 1.82) is 0 Å². The summed E-state index contributed by atoms with van der Waals surface area (Å²) in [6.07, 6.45) is 5.34. The highest BCUT2D eigenvalue weighted by atomic mass is 16.2. The number of hydrogen-bond acceptors (Lipinski definition) is 4. The molecule has 7 heteroatoms. The first-order valence-corrected chi connectivity index (χ1v) is 8.16. The van der Waals surface area contributed by atoms with Crippen LogP contribution in [0.15, 0.2) is 58.6 Å². The van der Waals surface area contributed by atoms with Crippen LogP contribution in [-0.4, -0.2) is 19.1 Å². The van der Waals surface area contributed by atoms with Crippen LogP contribution in [0.5, 0.6) is 0 Å². The Hall–Kier alpha value is -3.09. The first-order chi connectivity index (χ1) is 12.0. The third-order valence-electron chi connectivity index (χ3n) is 4.03. The highest BCUT2D eigenvalue weighted by Crippen LogP contribution is 2.19. The summed E-state index contributed by atoms with van der Waals surface area (Å²) in [5, 5.41) is 3.18. The van der Waals surface area contributed by atoms with Crippen LogP contribution in [0.2, 0.25) is 0 Å². The second kappa shape index (κ2) is 6.80.